The van der Waals surface area contributed by atoms with Gasteiger partial charge < -0.3 is 4.57 Å². The highest BCUT2D eigenvalue weighted by Crippen LogP contribution is 2.24. The van der Waals surface area contributed by atoms with E-state index in [2.05, 4.69) is 102 Å². The minimum Gasteiger partial charge on any atom is -0.323 e. The van der Waals surface area contributed by atoms with Crippen molar-refractivity contribution in [1.29, 1.82) is 0 Å². The van der Waals surface area contributed by atoms with Crippen molar-refractivity contribution in [1.82, 2.24) is 9.55 Å². The number of hydrogen-bond acceptors (Lipinski definition) is 1. The normalized spacial score (nSPS) is 11.3. The van der Waals surface area contributed by atoms with Crippen LogP contribution in [0.25, 0.3) is 21.8 Å². The van der Waals surface area contributed by atoms with Gasteiger partial charge >= 0.3 is 0 Å². The van der Waals surface area contributed by atoms with E-state index in [9.17, 15) is 0 Å². The molecule has 0 saturated heterocycles. The Hall–Kier alpha value is -3.39. The number of aromatic nitrogens is 2. The average molecular weight is 348 g/mol. The predicted octanol–water partition coefficient (Wildman–Crippen LogP) is 5.83. The second kappa shape index (κ2) is 6.73. The number of para-hydroxylation sites is 2. The number of fused-ring (bicyclic) bond motifs is 2. The van der Waals surface area contributed by atoms with Gasteiger partial charge in [0.15, 0.2) is 0 Å². The molecule has 0 bridgehead atoms. The molecular weight excluding hydrogens is 328 g/mol. The monoisotopic (exact) mass is 348 g/mol. The Morgan fingerprint density at radius 3 is 2.33 bits per heavy atom. The molecule has 2 nitrogen and oxygen atoms in total. The van der Waals surface area contributed by atoms with Gasteiger partial charge in [-0.1, -0.05) is 84.9 Å². The number of benzene rings is 4. The largest absolute Gasteiger partial charge is 0.323 e. The van der Waals surface area contributed by atoms with Crippen LogP contribution in [0.3, 0.4) is 0 Å². The van der Waals surface area contributed by atoms with Crippen LogP contribution in [0.15, 0.2) is 97.1 Å². The molecule has 0 N–H and O–H groups in total. The maximum absolute atomic E-state index is 4.95. The molecule has 0 atom stereocenters. The van der Waals surface area contributed by atoms with Crippen molar-refractivity contribution in [3.8, 4) is 0 Å². The molecule has 0 radical (unpaired) electrons. The van der Waals surface area contributed by atoms with Crippen molar-refractivity contribution in [3.63, 3.8) is 0 Å². The zero-order valence-electron chi connectivity index (χ0n) is 15.0. The van der Waals surface area contributed by atoms with Crippen LogP contribution >= 0.6 is 0 Å². The molecule has 4 aromatic carbocycles. The van der Waals surface area contributed by atoms with E-state index in [1.807, 2.05) is 0 Å². The van der Waals surface area contributed by atoms with Gasteiger partial charge in [-0.15, -0.1) is 0 Å². The Morgan fingerprint density at radius 1 is 0.667 bits per heavy atom. The Kier molecular flexibility index (Phi) is 3.95. The fourth-order valence-electron chi connectivity index (χ4n) is 3.82. The van der Waals surface area contributed by atoms with Gasteiger partial charge in [-0.2, -0.15) is 0 Å². The summed E-state index contributed by atoms with van der Waals surface area (Å²) in [5.41, 5.74) is 4.86. The standard InChI is InChI=1S/C25H20N2/c1-2-9-19(10-3-1)17-25-26-23-15-6-7-16-24(23)27(25)18-21-13-8-12-20-11-4-5-14-22(20)21/h1-16H,17-18H2. The molecule has 0 amide bonds. The van der Waals surface area contributed by atoms with Crippen LogP contribution in [-0.4, -0.2) is 9.55 Å². The Balaban J connectivity index is 1.64. The van der Waals surface area contributed by atoms with Gasteiger partial charge in [-0.3, -0.25) is 0 Å². The molecule has 27 heavy (non-hydrogen) atoms. The van der Waals surface area contributed by atoms with Crippen LogP contribution in [0.5, 0.6) is 0 Å². The van der Waals surface area contributed by atoms with Gasteiger partial charge in [0.05, 0.1) is 11.0 Å². The van der Waals surface area contributed by atoms with Crippen molar-refractivity contribution in [2.24, 2.45) is 0 Å². The zero-order chi connectivity index (χ0) is 18.1. The Bertz CT molecular complexity index is 1210. The second-order valence-electron chi connectivity index (χ2n) is 6.90. The average Bonchev–Trinajstić information content (AvgIpc) is 3.06. The molecule has 1 heterocycles. The summed E-state index contributed by atoms with van der Waals surface area (Å²) in [6, 6.07) is 34.1. The number of hydrogen-bond donors (Lipinski definition) is 0. The van der Waals surface area contributed by atoms with Gasteiger partial charge in [0.25, 0.3) is 0 Å². The first-order valence-corrected chi connectivity index (χ1v) is 9.33. The summed E-state index contributed by atoms with van der Waals surface area (Å²) in [6.45, 7) is 0.823. The molecule has 0 aliphatic heterocycles. The summed E-state index contributed by atoms with van der Waals surface area (Å²) < 4.78 is 2.37. The van der Waals surface area contributed by atoms with Crippen LogP contribution in [0, 0.1) is 0 Å². The van der Waals surface area contributed by atoms with E-state index in [1.54, 1.807) is 0 Å². The van der Waals surface area contributed by atoms with E-state index < -0.39 is 0 Å². The molecule has 0 saturated carbocycles. The van der Waals surface area contributed by atoms with Crippen molar-refractivity contribution in [2.45, 2.75) is 13.0 Å². The molecule has 0 fully saturated rings. The van der Waals surface area contributed by atoms with Crippen LogP contribution in [0.2, 0.25) is 0 Å². The van der Waals surface area contributed by atoms with Crippen molar-refractivity contribution in [3.05, 3.63) is 114 Å². The maximum atomic E-state index is 4.95. The van der Waals surface area contributed by atoms with Crippen LogP contribution < -0.4 is 0 Å². The zero-order valence-corrected chi connectivity index (χ0v) is 15.0. The fourth-order valence-corrected chi connectivity index (χ4v) is 3.82. The third kappa shape index (κ3) is 3.00. The third-order valence-corrected chi connectivity index (χ3v) is 5.15. The quantitative estimate of drug-likeness (QED) is 0.400. The number of rotatable bonds is 4. The van der Waals surface area contributed by atoms with Crippen LogP contribution in [-0.2, 0) is 13.0 Å². The first kappa shape index (κ1) is 15.8. The minimum absolute atomic E-state index is 0.823. The third-order valence-electron chi connectivity index (χ3n) is 5.15. The van der Waals surface area contributed by atoms with Gasteiger partial charge in [0.1, 0.15) is 5.82 Å². The van der Waals surface area contributed by atoms with Crippen LogP contribution in [0.4, 0.5) is 0 Å². The van der Waals surface area contributed by atoms with Crippen molar-refractivity contribution < 1.29 is 0 Å². The topological polar surface area (TPSA) is 17.8 Å². The molecule has 130 valence electrons. The van der Waals surface area contributed by atoms with E-state index in [1.165, 1.54) is 27.4 Å². The first-order chi connectivity index (χ1) is 13.4. The highest BCUT2D eigenvalue weighted by molar-refractivity contribution is 5.86. The molecule has 0 aliphatic rings. The van der Waals surface area contributed by atoms with Crippen LogP contribution in [0.1, 0.15) is 17.0 Å². The highest BCUT2D eigenvalue weighted by Gasteiger charge is 2.12. The molecule has 1 aromatic heterocycles. The Labute approximate surface area is 158 Å². The second-order valence-corrected chi connectivity index (χ2v) is 6.90. The molecule has 0 aliphatic carbocycles. The van der Waals surface area contributed by atoms with Gasteiger partial charge in [-0.05, 0) is 34.0 Å². The summed E-state index contributed by atoms with van der Waals surface area (Å²) >= 11 is 0. The lowest BCUT2D eigenvalue weighted by atomic mass is 10.0. The van der Waals surface area contributed by atoms with E-state index in [0.29, 0.717) is 0 Å². The summed E-state index contributed by atoms with van der Waals surface area (Å²) in [5.74, 6) is 1.11. The van der Waals surface area contributed by atoms with Crippen molar-refractivity contribution >= 4 is 21.8 Å². The summed E-state index contributed by atoms with van der Waals surface area (Å²) in [5, 5.41) is 2.59. The molecule has 5 aromatic rings. The van der Waals surface area contributed by atoms with Crippen molar-refractivity contribution in [2.75, 3.05) is 0 Å². The van der Waals surface area contributed by atoms with E-state index in [-0.39, 0.29) is 0 Å². The lowest BCUT2D eigenvalue weighted by molar-refractivity contribution is 0.766. The molecule has 0 spiro atoms. The van der Waals surface area contributed by atoms with Gasteiger partial charge in [-0.25, -0.2) is 4.98 Å². The van der Waals surface area contributed by atoms with E-state index in [0.717, 1.165) is 24.3 Å². The fraction of sp³-hybridized carbons (Fsp3) is 0.0800. The molecular formula is C25H20N2. The lowest BCUT2D eigenvalue weighted by Crippen LogP contribution is -2.06. The predicted molar refractivity (Wildman–Crippen MR) is 112 cm³/mol. The smallest absolute Gasteiger partial charge is 0.114 e. The summed E-state index contributed by atoms with van der Waals surface area (Å²) in [4.78, 5) is 4.95. The van der Waals surface area contributed by atoms with E-state index >= 15 is 0 Å². The van der Waals surface area contributed by atoms with Gasteiger partial charge in [0.2, 0.25) is 0 Å². The highest BCUT2D eigenvalue weighted by atomic mass is 15.1. The summed E-state index contributed by atoms with van der Waals surface area (Å²) in [7, 11) is 0. The molecule has 0 unspecified atom stereocenters. The SMILES string of the molecule is c1ccc(Cc2nc3ccccc3n2Cc2cccc3ccccc23)cc1. The number of imidazole rings is 1. The Morgan fingerprint density at radius 2 is 1.41 bits per heavy atom. The van der Waals surface area contributed by atoms with Gasteiger partial charge in [0, 0.05) is 13.0 Å². The molecule has 2 heteroatoms. The first-order valence-electron chi connectivity index (χ1n) is 9.33. The lowest BCUT2D eigenvalue weighted by Gasteiger charge is -2.12. The summed E-state index contributed by atoms with van der Waals surface area (Å²) in [6.07, 6.45) is 0.834. The number of nitrogens with zero attached hydrogens (tertiary/aromatic N) is 2. The molecule has 5 rings (SSSR count). The maximum Gasteiger partial charge on any atom is 0.114 e. The minimum atomic E-state index is 0.823. The van der Waals surface area contributed by atoms with E-state index in [4.69, 9.17) is 4.98 Å².